The number of aromatic nitrogens is 4. The summed E-state index contributed by atoms with van der Waals surface area (Å²) < 4.78 is 54.3. The highest BCUT2D eigenvalue weighted by Gasteiger charge is 2.32. The lowest BCUT2D eigenvalue weighted by atomic mass is 10.1. The highest BCUT2D eigenvalue weighted by molar-refractivity contribution is 6.03. The van der Waals surface area contributed by atoms with Crippen molar-refractivity contribution in [1.82, 2.24) is 19.7 Å². The molecule has 0 aliphatic heterocycles. The smallest absolute Gasteiger partial charge is 0.318 e. The first kappa shape index (κ1) is 19.5. The third-order valence-corrected chi connectivity index (χ3v) is 4.40. The Hall–Kier alpha value is -3.82. The van der Waals surface area contributed by atoms with Gasteiger partial charge in [0, 0.05) is 18.8 Å². The summed E-state index contributed by atoms with van der Waals surface area (Å²) in [6.45, 7) is 0. The first-order valence-electron chi connectivity index (χ1n) is 8.66. The average Bonchev–Trinajstić information content (AvgIpc) is 3.14. The monoisotopic (exact) mass is 415 g/mol. The maximum Gasteiger partial charge on any atom is 0.433 e. The summed E-state index contributed by atoms with van der Waals surface area (Å²) in [6.07, 6.45) is -3.10. The van der Waals surface area contributed by atoms with E-state index in [-0.39, 0.29) is 22.4 Å². The number of anilines is 1. The number of nitrogens with zero attached hydrogens (tertiary/aromatic N) is 4. The first-order valence-corrected chi connectivity index (χ1v) is 8.66. The van der Waals surface area contributed by atoms with Gasteiger partial charge in [-0.1, -0.05) is 6.07 Å². The van der Waals surface area contributed by atoms with Crippen molar-refractivity contribution in [2.45, 2.75) is 6.18 Å². The van der Waals surface area contributed by atoms with E-state index in [9.17, 15) is 22.4 Å². The predicted octanol–water partition coefficient (Wildman–Crippen LogP) is 4.44. The van der Waals surface area contributed by atoms with Gasteiger partial charge in [-0.2, -0.15) is 18.3 Å². The van der Waals surface area contributed by atoms with Crippen LogP contribution < -0.4 is 5.32 Å². The second-order valence-corrected chi connectivity index (χ2v) is 6.42. The molecule has 3 aromatic heterocycles. The van der Waals surface area contributed by atoms with Gasteiger partial charge in [0.2, 0.25) is 0 Å². The van der Waals surface area contributed by atoms with Crippen molar-refractivity contribution in [3.8, 4) is 11.3 Å². The molecular formula is C20H13F4N5O. The minimum absolute atomic E-state index is 0.0257. The van der Waals surface area contributed by atoms with E-state index in [0.717, 1.165) is 6.07 Å². The number of rotatable bonds is 3. The predicted molar refractivity (Wildman–Crippen MR) is 101 cm³/mol. The van der Waals surface area contributed by atoms with Crippen LogP contribution in [0.3, 0.4) is 0 Å². The molecule has 1 N–H and O–H groups in total. The normalized spacial score (nSPS) is 11.6. The number of nitrogens with one attached hydrogen (secondary N) is 1. The van der Waals surface area contributed by atoms with Gasteiger partial charge in [0.25, 0.3) is 5.91 Å². The summed E-state index contributed by atoms with van der Waals surface area (Å²) in [5.74, 6) is -1.20. The molecule has 0 saturated carbocycles. The molecule has 0 fully saturated rings. The standard InChI is InChI=1S/C20H13F4N5O/c1-29-17(8-9-25-29)19(30)28-14-3-2-11(10-12(14)21)13-4-5-16-15(26-13)6-7-18(27-16)20(22,23)24/h2-10H,1H3,(H,28,30). The molecule has 1 aromatic carbocycles. The third kappa shape index (κ3) is 3.71. The number of carbonyl (C=O) groups excluding carboxylic acids is 1. The number of aryl methyl sites for hydroxylation is 1. The molecule has 0 atom stereocenters. The minimum atomic E-state index is -4.55. The Morgan fingerprint density at radius 1 is 1.00 bits per heavy atom. The molecule has 0 bridgehead atoms. The van der Waals surface area contributed by atoms with E-state index >= 15 is 0 Å². The summed E-state index contributed by atoms with van der Waals surface area (Å²) in [7, 11) is 1.59. The zero-order valence-corrected chi connectivity index (χ0v) is 15.4. The third-order valence-electron chi connectivity index (χ3n) is 4.40. The van der Waals surface area contributed by atoms with Crippen LogP contribution >= 0.6 is 0 Å². The number of halogens is 4. The number of hydrogen-bond donors (Lipinski definition) is 1. The molecule has 0 saturated heterocycles. The Morgan fingerprint density at radius 3 is 2.40 bits per heavy atom. The van der Waals surface area contributed by atoms with Crippen molar-refractivity contribution in [3.05, 3.63) is 71.9 Å². The van der Waals surface area contributed by atoms with Gasteiger partial charge in [-0.3, -0.25) is 9.48 Å². The van der Waals surface area contributed by atoms with E-state index in [4.69, 9.17) is 0 Å². The van der Waals surface area contributed by atoms with Crippen LogP contribution in [0.15, 0.2) is 54.7 Å². The average molecular weight is 415 g/mol. The van der Waals surface area contributed by atoms with Gasteiger partial charge in [-0.05, 0) is 42.5 Å². The molecule has 4 rings (SSSR count). The van der Waals surface area contributed by atoms with Gasteiger partial charge in [-0.15, -0.1) is 0 Å². The van der Waals surface area contributed by atoms with Gasteiger partial charge in [0.05, 0.1) is 22.4 Å². The summed E-state index contributed by atoms with van der Waals surface area (Å²) >= 11 is 0. The van der Waals surface area contributed by atoms with E-state index in [1.165, 1.54) is 47.3 Å². The van der Waals surface area contributed by atoms with Crippen molar-refractivity contribution >= 4 is 22.6 Å². The Bertz CT molecular complexity index is 1270. The lowest BCUT2D eigenvalue weighted by Crippen LogP contribution is -2.16. The highest BCUT2D eigenvalue weighted by atomic mass is 19.4. The lowest BCUT2D eigenvalue weighted by molar-refractivity contribution is -0.140. The number of hydrogen-bond acceptors (Lipinski definition) is 4. The Balaban J connectivity index is 1.61. The Morgan fingerprint density at radius 2 is 1.73 bits per heavy atom. The fourth-order valence-corrected chi connectivity index (χ4v) is 2.89. The van der Waals surface area contributed by atoms with Crippen LogP contribution in [0.4, 0.5) is 23.2 Å². The van der Waals surface area contributed by atoms with E-state index in [1.807, 2.05) is 0 Å². The van der Waals surface area contributed by atoms with Crippen molar-refractivity contribution in [2.24, 2.45) is 7.05 Å². The van der Waals surface area contributed by atoms with Crippen LogP contribution in [0.5, 0.6) is 0 Å². The first-order chi connectivity index (χ1) is 14.2. The molecule has 3 heterocycles. The number of amides is 1. The molecule has 0 aliphatic carbocycles. The van der Waals surface area contributed by atoms with Gasteiger partial charge in [0.15, 0.2) is 0 Å². The summed E-state index contributed by atoms with van der Waals surface area (Å²) in [5, 5.41) is 6.36. The van der Waals surface area contributed by atoms with Gasteiger partial charge >= 0.3 is 6.18 Å². The topological polar surface area (TPSA) is 72.7 Å². The molecule has 30 heavy (non-hydrogen) atoms. The van der Waals surface area contributed by atoms with Gasteiger partial charge < -0.3 is 5.32 Å². The molecular weight excluding hydrogens is 402 g/mol. The second-order valence-electron chi connectivity index (χ2n) is 6.42. The quantitative estimate of drug-likeness (QED) is 0.502. The molecule has 4 aromatic rings. The van der Waals surface area contributed by atoms with Crippen LogP contribution in [-0.2, 0) is 13.2 Å². The summed E-state index contributed by atoms with van der Waals surface area (Å²) in [5.41, 5.74) is 0.302. The van der Waals surface area contributed by atoms with Crippen molar-refractivity contribution in [1.29, 1.82) is 0 Å². The van der Waals surface area contributed by atoms with E-state index in [0.29, 0.717) is 11.3 Å². The Labute approximate surface area is 167 Å². The van der Waals surface area contributed by atoms with Crippen LogP contribution in [0.2, 0.25) is 0 Å². The fraction of sp³-hybridized carbons (Fsp3) is 0.100. The zero-order chi connectivity index (χ0) is 21.5. The van der Waals surface area contributed by atoms with Crippen LogP contribution in [0, 0.1) is 5.82 Å². The van der Waals surface area contributed by atoms with E-state index < -0.39 is 23.6 Å². The van der Waals surface area contributed by atoms with Crippen molar-refractivity contribution < 1.29 is 22.4 Å². The molecule has 0 aliphatic rings. The van der Waals surface area contributed by atoms with Crippen LogP contribution in [-0.4, -0.2) is 25.7 Å². The highest BCUT2D eigenvalue weighted by Crippen LogP contribution is 2.30. The maximum atomic E-state index is 14.5. The minimum Gasteiger partial charge on any atom is -0.318 e. The van der Waals surface area contributed by atoms with Crippen molar-refractivity contribution in [3.63, 3.8) is 0 Å². The lowest BCUT2D eigenvalue weighted by Gasteiger charge is -2.09. The van der Waals surface area contributed by atoms with Crippen LogP contribution in [0.25, 0.3) is 22.3 Å². The molecule has 6 nitrogen and oxygen atoms in total. The summed E-state index contributed by atoms with van der Waals surface area (Å²) in [6, 6.07) is 10.5. The Kier molecular flexibility index (Phi) is 4.69. The number of alkyl halides is 3. The maximum absolute atomic E-state index is 14.5. The largest absolute Gasteiger partial charge is 0.433 e. The zero-order valence-electron chi connectivity index (χ0n) is 15.4. The number of benzene rings is 1. The number of fused-ring (bicyclic) bond motifs is 1. The second kappa shape index (κ2) is 7.21. The fourth-order valence-electron chi connectivity index (χ4n) is 2.89. The molecule has 152 valence electrons. The van der Waals surface area contributed by atoms with E-state index in [2.05, 4.69) is 20.4 Å². The van der Waals surface area contributed by atoms with Crippen molar-refractivity contribution in [2.75, 3.05) is 5.32 Å². The number of pyridine rings is 2. The summed E-state index contributed by atoms with van der Waals surface area (Å²) in [4.78, 5) is 20.0. The molecule has 0 unspecified atom stereocenters. The molecule has 0 spiro atoms. The SMILES string of the molecule is Cn1nccc1C(=O)Nc1ccc(-c2ccc3nc(C(F)(F)F)ccc3n2)cc1F. The molecule has 10 heteroatoms. The van der Waals surface area contributed by atoms with E-state index in [1.54, 1.807) is 13.1 Å². The number of carbonyl (C=O) groups is 1. The molecule has 1 amide bonds. The molecule has 0 radical (unpaired) electrons. The van der Waals surface area contributed by atoms with Gasteiger partial charge in [-0.25, -0.2) is 14.4 Å². The van der Waals surface area contributed by atoms with Crippen LogP contribution in [0.1, 0.15) is 16.2 Å². The van der Waals surface area contributed by atoms with Gasteiger partial charge in [0.1, 0.15) is 17.2 Å².